The van der Waals surface area contributed by atoms with Crippen molar-refractivity contribution in [3.8, 4) is 0 Å². The molecule has 0 bridgehead atoms. The van der Waals surface area contributed by atoms with Crippen molar-refractivity contribution in [3.05, 3.63) is 28.7 Å². The molecule has 1 aliphatic rings. The topological polar surface area (TPSA) is 60.7 Å². The van der Waals surface area contributed by atoms with Crippen LogP contribution in [0.4, 0.5) is 5.69 Å². The third-order valence-electron chi connectivity index (χ3n) is 4.01. The molecule has 0 amide bonds. The van der Waals surface area contributed by atoms with E-state index in [0.717, 1.165) is 22.6 Å². The number of hydrogen-bond donors (Lipinski definition) is 3. The fraction of sp³-hybridized carbons (Fsp3) is 0.500. The molecule has 0 radical (unpaired) electrons. The SMILES string of the molecule is CCC1CCC(Nc2ccc3[nH]c(=O)[nH]c3c2)C1. The van der Waals surface area contributed by atoms with Gasteiger partial charge in [0.05, 0.1) is 11.0 Å². The molecule has 1 fully saturated rings. The number of benzene rings is 1. The van der Waals surface area contributed by atoms with Gasteiger partial charge in [0.25, 0.3) is 0 Å². The molecular formula is C14H19N3O. The lowest BCUT2D eigenvalue weighted by molar-refractivity contribution is 0.525. The van der Waals surface area contributed by atoms with Crippen molar-refractivity contribution in [2.75, 3.05) is 5.32 Å². The van der Waals surface area contributed by atoms with Gasteiger partial charge in [0.1, 0.15) is 0 Å². The van der Waals surface area contributed by atoms with Crippen LogP contribution < -0.4 is 11.0 Å². The molecule has 1 saturated carbocycles. The van der Waals surface area contributed by atoms with Gasteiger partial charge in [0, 0.05) is 11.7 Å². The van der Waals surface area contributed by atoms with E-state index >= 15 is 0 Å². The number of fused-ring (bicyclic) bond motifs is 1. The van der Waals surface area contributed by atoms with E-state index in [1.807, 2.05) is 18.2 Å². The van der Waals surface area contributed by atoms with Crippen LogP contribution in [-0.2, 0) is 0 Å². The molecule has 0 aliphatic heterocycles. The first kappa shape index (κ1) is 11.4. The van der Waals surface area contributed by atoms with Crippen molar-refractivity contribution in [3.63, 3.8) is 0 Å². The van der Waals surface area contributed by atoms with Crippen LogP contribution in [0.5, 0.6) is 0 Å². The summed E-state index contributed by atoms with van der Waals surface area (Å²) in [7, 11) is 0. The van der Waals surface area contributed by atoms with Crippen molar-refractivity contribution in [1.82, 2.24) is 9.97 Å². The number of rotatable bonds is 3. The van der Waals surface area contributed by atoms with E-state index in [4.69, 9.17) is 0 Å². The van der Waals surface area contributed by atoms with Gasteiger partial charge in [-0.15, -0.1) is 0 Å². The van der Waals surface area contributed by atoms with Gasteiger partial charge in [0.15, 0.2) is 0 Å². The Kier molecular flexibility index (Phi) is 2.86. The monoisotopic (exact) mass is 245 g/mol. The van der Waals surface area contributed by atoms with E-state index in [2.05, 4.69) is 22.2 Å². The Morgan fingerprint density at radius 3 is 2.89 bits per heavy atom. The third-order valence-corrected chi connectivity index (χ3v) is 4.01. The Bertz CT molecular complexity index is 598. The number of H-pyrrole nitrogens is 2. The second-order valence-corrected chi connectivity index (χ2v) is 5.27. The van der Waals surface area contributed by atoms with Crippen molar-refractivity contribution in [2.24, 2.45) is 5.92 Å². The molecule has 96 valence electrons. The summed E-state index contributed by atoms with van der Waals surface area (Å²) in [6.07, 6.45) is 5.12. The minimum Gasteiger partial charge on any atom is -0.382 e. The summed E-state index contributed by atoms with van der Waals surface area (Å²) in [4.78, 5) is 16.7. The minimum atomic E-state index is -0.144. The van der Waals surface area contributed by atoms with Crippen molar-refractivity contribution < 1.29 is 0 Å². The van der Waals surface area contributed by atoms with Crippen LogP contribution in [0.15, 0.2) is 23.0 Å². The fourth-order valence-electron chi connectivity index (χ4n) is 2.93. The molecule has 1 heterocycles. The standard InChI is InChI=1S/C14H19N3O/c1-2-9-3-4-10(7-9)15-11-5-6-12-13(8-11)17-14(18)16-12/h5-6,8-10,15H,2-4,7H2,1H3,(H2,16,17,18). The first-order chi connectivity index (χ1) is 8.74. The number of nitrogens with one attached hydrogen (secondary N) is 3. The van der Waals surface area contributed by atoms with Crippen molar-refractivity contribution >= 4 is 16.7 Å². The average molecular weight is 245 g/mol. The Morgan fingerprint density at radius 1 is 1.28 bits per heavy atom. The van der Waals surface area contributed by atoms with Crippen LogP contribution in [0, 0.1) is 5.92 Å². The van der Waals surface area contributed by atoms with Gasteiger partial charge in [-0.25, -0.2) is 4.79 Å². The first-order valence-electron chi connectivity index (χ1n) is 6.73. The molecule has 2 unspecified atom stereocenters. The zero-order chi connectivity index (χ0) is 12.5. The predicted molar refractivity (Wildman–Crippen MR) is 74.0 cm³/mol. The lowest BCUT2D eigenvalue weighted by Gasteiger charge is -2.14. The second-order valence-electron chi connectivity index (χ2n) is 5.27. The van der Waals surface area contributed by atoms with E-state index in [-0.39, 0.29) is 5.69 Å². The summed E-state index contributed by atoms with van der Waals surface area (Å²) in [5.74, 6) is 0.873. The van der Waals surface area contributed by atoms with Gasteiger partial charge in [0.2, 0.25) is 0 Å². The van der Waals surface area contributed by atoms with E-state index in [9.17, 15) is 4.79 Å². The highest BCUT2D eigenvalue weighted by molar-refractivity contribution is 5.78. The molecule has 1 aromatic carbocycles. The molecule has 1 aliphatic carbocycles. The molecule has 3 rings (SSSR count). The summed E-state index contributed by atoms with van der Waals surface area (Å²) in [5, 5.41) is 3.57. The molecular weight excluding hydrogens is 226 g/mol. The Morgan fingerprint density at radius 2 is 2.11 bits per heavy atom. The molecule has 0 spiro atoms. The largest absolute Gasteiger partial charge is 0.382 e. The van der Waals surface area contributed by atoms with Crippen molar-refractivity contribution in [1.29, 1.82) is 0 Å². The van der Waals surface area contributed by atoms with Gasteiger partial charge < -0.3 is 15.3 Å². The van der Waals surface area contributed by atoms with Crippen LogP contribution in [-0.4, -0.2) is 16.0 Å². The van der Waals surface area contributed by atoms with Crippen molar-refractivity contribution in [2.45, 2.75) is 38.6 Å². The van der Waals surface area contributed by atoms with Crippen LogP contribution in [0.1, 0.15) is 32.6 Å². The zero-order valence-electron chi connectivity index (χ0n) is 10.6. The number of aromatic amines is 2. The minimum absolute atomic E-state index is 0.144. The highest BCUT2D eigenvalue weighted by Crippen LogP contribution is 2.30. The third kappa shape index (κ3) is 2.15. The predicted octanol–water partition coefficient (Wildman–Crippen LogP) is 2.85. The molecule has 4 nitrogen and oxygen atoms in total. The molecule has 1 aromatic heterocycles. The van der Waals surface area contributed by atoms with Gasteiger partial charge in [-0.2, -0.15) is 0 Å². The summed E-state index contributed by atoms with van der Waals surface area (Å²) in [6.45, 7) is 2.27. The molecule has 3 N–H and O–H groups in total. The van der Waals surface area contributed by atoms with Crippen LogP contribution in [0.3, 0.4) is 0 Å². The maximum absolute atomic E-state index is 11.2. The number of hydrogen-bond acceptors (Lipinski definition) is 2. The van der Waals surface area contributed by atoms with Crippen LogP contribution in [0.2, 0.25) is 0 Å². The molecule has 18 heavy (non-hydrogen) atoms. The zero-order valence-corrected chi connectivity index (χ0v) is 10.6. The number of imidazole rings is 1. The summed E-state index contributed by atoms with van der Waals surface area (Å²) in [5.41, 5.74) is 2.69. The maximum Gasteiger partial charge on any atom is 0.323 e. The Balaban J connectivity index is 1.76. The highest BCUT2D eigenvalue weighted by atomic mass is 16.1. The molecule has 2 aromatic rings. The van der Waals surface area contributed by atoms with Gasteiger partial charge in [-0.3, -0.25) is 0 Å². The van der Waals surface area contributed by atoms with E-state index in [0.29, 0.717) is 6.04 Å². The lowest BCUT2D eigenvalue weighted by Crippen LogP contribution is -2.15. The average Bonchev–Trinajstić information content (AvgIpc) is 2.94. The molecule has 0 saturated heterocycles. The lowest BCUT2D eigenvalue weighted by atomic mass is 10.1. The summed E-state index contributed by atoms with van der Waals surface area (Å²) < 4.78 is 0. The molecule has 4 heteroatoms. The Hall–Kier alpha value is -1.71. The fourth-order valence-corrected chi connectivity index (χ4v) is 2.93. The first-order valence-corrected chi connectivity index (χ1v) is 6.73. The molecule has 2 atom stereocenters. The number of aromatic nitrogens is 2. The Labute approximate surface area is 106 Å². The smallest absolute Gasteiger partial charge is 0.323 e. The summed E-state index contributed by atoms with van der Waals surface area (Å²) in [6, 6.07) is 6.57. The normalized spacial score (nSPS) is 23.6. The van der Waals surface area contributed by atoms with E-state index in [1.54, 1.807) is 0 Å². The quantitative estimate of drug-likeness (QED) is 0.778. The second kappa shape index (κ2) is 4.52. The number of anilines is 1. The van der Waals surface area contributed by atoms with Crippen LogP contribution in [0.25, 0.3) is 11.0 Å². The van der Waals surface area contributed by atoms with E-state index < -0.39 is 0 Å². The van der Waals surface area contributed by atoms with Gasteiger partial charge >= 0.3 is 5.69 Å². The van der Waals surface area contributed by atoms with Gasteiger partial charge in [-0.1, -0.05) is 13.3 Å². The maximum atomic E-state index is 11.2. The van der Waals surface area contributed by atoms with Crippen LogP contribution >= 0.6 is 0 Å². The van der Waals surface area contributed by atoms with E-state index in [1.165, 1.54) is 25.7 Å². The highest BCUT2D eigenvalue weighted by Gasteiger charge is 2.22. The van der Waals surface area contributed by atoms with Gasteiger partial charge in [-0.05, 0) is 43.4 Å². The summed E-state index contributed by atoms with van der Waals surface area (Å²) >= 11 is 0.